The van der Waals surface area contributed by atoms with Gasteiger partial charge in [0.05, 0.1) is 32.4 Å². The Hall–Kier alpha value is -5.10. The molecule has 0 aliphatic heterocycles. The molecule has 0 saturated heterocycles. The normalized spacial score (nSPS) is 12.4. The molecule has 2 aromatic carbocycles. The summed E-state index contributed by atoms with van der Waals surface area (Å²) in [4.78, 5) is 72.9. The molecule has 0 fully saturated rings. The number of benzene rings is 2. The quantitative estimate of drug-likeness (QED) is 0.0987. The fourth-order valence-corrected chi connectivity index (χ4v) is 3.76. The molecule has 42 heavy (non-hydrogen) atoms. The van der Waals surface area contributed by atoms with Gasteiger partial charge in [0.15, 0.2) is 29.4 Å². The number of methoxy groups -OCH3 is 2. The number of nitrogens with two attached hydrogens (primary N) is 1. The average Bonchev–Trinajstić information content (AvgIpc) is 2.98. The van der Waals surface area contributed by atoms with Gasteiger partial charge in [0, 0.05) is 12.1 Å². The average molecular weight is 580 g/mol. The second-order valence-corrected chi connectivity index (χ2v) is 8.93. The van der Waals surface area contributed by atoms with Crippen molar-refractivity contribution in [2.75, 3.05) is 26.1 Å². The second kappa shape index (κ2) is 16.2. The summed E-state index contributed by atoms with van der Waals surface area (Å²) >= 11 is 0. The number of carbonyl (C=O) groups is 6. The molecular formula is C30H33N3O9. The van der Waals surface area contributed by atoms with E-state index in [0.717, 1.165) is 0 Å². The number of para-hydroxylation sites is 1. The number of amides is 2. The van der Waals surface area contributed by atoms with Gasteiger partial charge < -0.3 is 30.9 Å². The van der Waals surface area contributed by atoms with Gasteiger partial charge in [-0.2, -0.15) is 0 Å². The van der Waals surface area contributed by atoms with Crippen LogP contribution < -0.4 is 25.8 Å². The van der Waals surface area contributed by atoms with Crippen LogP contribution in [-0.2, 0) is 28.8 Å². The maximum Gasteiger partial charge on any atom is 0.241 e. The summed E-state index contributed by atoms with van der Waals surface area (Å²) in [7, 11) is 2.76. The van der Waals surface area contributed by atoms with E-state index in [1.807, 2.05) is 0 Å². The molecule has 2 atom stereocenters. The van der Waals surface area contributed by atoms with Gasteiger partial charge in [0.2, 0.25) is 17.6 Å². The molecule has 2 aromatic rings. The number of hydrogen-bond donors (Lipinski definition) is 4. The van der Waals surface area contributed by atoms with Crippen molar-refractivity contribution in [1.82, 2.24) is 5.32 Å². The first kappa shape index (κ1) is 33.1. The number of ether oxygens (including phenoxy) is 2. The molecule has 2 unspecified atom stereocenters. The van der Waals surface area contributed by atoms with Gasteiger partial charge in [-0.25, -0.2) is 0 Å². The number of hydrogen-bond acceptors (Lipinski definition) is 10. The van der Waals surface area contributed by atoms with Gasteiger partial charge in [-0.1, -0.05) is 24.3 Å². The maximum absolute atomic E-state index is 12.9. The van der Waals surface area contributed by atoms with Crippen molar-refractivity contribution in [2.45, 2.75) is 25.8 Å². The van der Waals surface area contributed by atoms with E-state index < -0.39 is 54.0 Å². The Morgan fingerprint density at radius 3 is 2.24 bits per heavy atom. The van der Waals surface area contributed by atoms with Crippen LogP contribution in [0, 0.1) is 5.92 Å². The van der Waals surface area contributed by atoms with Crippen LogP contribution in [0.1, 0.15) is 30.9 Å². The van der Waals surface area contributed by atoms with E-state index in [1.54, 1.807) is 31.2 Å². The predicted molar refractivity (Wildman–Crippen MR) is 155 cm³/mol. The van der Waals surface area contributed by atoms with Gasteiger partial charge in [-0.05, 0) is 55.3 Å². The van der Waals surface area contributed by atoms with Crippen LogP contribution in [0.3, 0.4) is 0 Å². The fraction of sp³-hybridized carbons (Fsp3) is 0.267. The number of rotatable bonds is 16. The van der Waals surface area contributed by atoms with Crippen LogP contribution in [0.15, 0.2) is 48.6 Å². The molecule has 222 valence electrons. The number of allylic oxidation sites excluding steroid dienone is 2. The summed E-state index contributed by atoms with van der Waals surface area (Å²) in [5.41, 5.74) is 7.07. The standard InChI is InChI=1S/C30H33N3O9/c1-4-32-29(39)22(25(38)17-34)16-23(31)30(40)33-28-19(6-5-7-26(28)41-2)10-12-21(36)15-20(35)11-8-18-9-13-24(37)27(14-18)42-3/h5-14,17,22-23,37H,4,15-16,31H2,1-3H3,(H,32,39)(H,33,40). The molecular weight excluding hydrogens is 546 g/mol. The molecule has 0 aromatic heterocycles. The highest BCUT2D eigenvalue weighted by molar-refractivity contribution is 6.31. The minimum atomic E-state index is -1.43. The summed E-state index contributed by atoms with van der Waals surface area (Å²) in [5, 5.41) is 14.7. The molecule has 0 radical (unpaired) electrons. The summed E-state index contributed by atoms with van der Waals surface area (Å²) < 4.78 is 10.3. The molecule has 2 amide bonds. The molecule has 12 nitrogen and oxygen atoms in total. The Bertz CT molecular complexity index is 1400. The third-order valence-electron chi connectivity index (χ3n) is 5.94. The van der Waals surface area contributed by atoms with Gasteiger partial charge >= 0.3 is 0 Å². The number of ketones is 3. The SMILES string of the molecule is CCNC(=O)C(CC(N)C(=O)Nc1c(C=CC(=O)CC(=O)C=Cc2ccc(O)c(OC)c2)cccc1OC)C(=O)C=O. The molecule has 12 heteroatoms. The first-order valence-electron chi connectivity index (χ1n) is 12.8. The molecule has 0 aliphatic carbocycles. The lowest BCUT2D eigenvalue weighted by molar-refractivity contribution is -0.139. The number of nitrogens with one attached hydrogen (secondary N) is 2. The number of aldehydes is 1. The number of carbonyl (C=O) groups excluding carboxylic acids is 6. The van der Waals surface area contributed by atoms with Crippen molar-refractivity contribution < 1.29 is 43.3 Å². The Morgan fingerprint density at radius 1 is 0.952 bits per heavy atom. The van der Waals surface area contributed by atoms with Gasteiger partial charge in [-0.3, -0.25) is 28.8 Å². The smallest absolute Gasteiger partial charge is 0.241 e. The highest BCUT2D eigenvalue weighted by atomic mass is 16.5. The first-order chi connectivity index (χ1) is 20.0. The van der Waals surface area contributed by atoms with Crippen molar-refractivity contribution in [2.24, 2.45) is 11.7 Å². The van der Waals surface area contributed by atoms with Crippen LogP contribution in [-0.4, -0.2) is 67.4 Å². The lowest BCUT2D eigenvalue weighted by atomic mass is 9.94. The van der Waals surface area contributed by atoms with Gasteiger partial charge in [0.1, 0.15) is 11.7 Å². The Balaban J connectivity index is 2.14. The molecule has 0 saturated carbocycles. The Labute approximate surface area is 242 Å². The van der Waals surface area contributed by atoms with Crippen molar-refractivity contribution in [1.29, 1.82) is 0 Å². The monoisotopic (exact) mass is 579 g/mol. The molecule has 0 spiro atoms. The summed E-state index contributed by atoms with van der Waals surface area (Å²) in [6.07, 6.45) is 4.45. The van der Waals surface area contributed by atoms with E-state index in [4.69, 9.17) is 15.2 Å². The Kier molecular flexibility index (Phi) is 12.8. The van der Waals surface area contributed by atoms with E-state index in [0.29, 0.717) is 11.1 Å². The number of Topliss-reactive ketones (excluding diaryl/α,β-unsaturated/α-hetero) is 1. The van der Waals surface area contributed by atoms with E-state index in [9.17, 15) is 33.9 Å². The molecule has 0 aliphatic rings. The summed E-state index contributed by atoms with van der Waals surface area (Å²) in [6, 6.07) is 7.94. The third kappa shape index (κ3) is 9.52. The van der Waals surface area contributed by atoms with Crippen molar-refractivity contribution >= 4 is 53.3 Å². The molecule has 0 heterocycles. The number of aromatic hydroxyl groups is 1. The van der Waals surface area contributed by atoms with Crippen molar-refractivity contribution in [3.05, 3.63) is 59.7 Å². The zero-order chi connectivity index (χ0) is 31.2. The first-order valence-corrected chi connectivity index (χ1v) is 12.8. The molecule has 2 rings (SSSR count). The van der Waals surface area contributed by atoms with Crippen molar-refractivity contribution in [3.8, 4) is 17.2 Å². The number of anilines is 1. The molecule has 0 bridgehead atoms. The highest BCUT2D eigenvalue weighted by Gasteiger charge is 2.30. The van der Waals surface area contributed by atoms with Gasteiger partial charge in [0.25, 0.3) is 0 Å². The maximum atomic E-state index is 12.9. The Morgan fingerprint density at radius 2 is 1.62 bits per heavy atom. The zero-order valence-corrected chi connectivity index (χ0v) is 23.4. The third-order valence-corrected chi connectivity index (χ3v) is 5.94. The lowest BCUT2D eigenvalue weighted by Gasteiger charge is -2.19. The predicted octanol–water partition coefficient (Wildman–Crippen LogP) is 1.84. The minimum Gasteiger partial charge on any atom is -0.504 e. The van der Waals surface area contributed by atoms with Crippen LogP contribution >= 0.6 is 0 Å². The highest BCUT2D eigenvalue weighted by Crippen LogP contribution is 2.30. The van der Waals surface area contributed by atoms with Crippen LogP contribution in [0.25, 0.3) is 12.2 Å². The van der Waals surface area contributed by atoms with E-state index in [1.165, 1.54) is 50.7 Å². The second-order valence-electron chi connectivity index (χ2n) is 8.93. The zero-order valence-electron chi connectivity index (χ0n) is 23.4. The van der Waals surface area contributed by atoms with E-state index >= 15 is 0 Å². The number of phenolic OH excluding ortho intramolecular Hbond substituents is 1. The van der Waals surface area contributed by atoms with Crippen LogP contribution in [0.4, 0.5) is 5.69 Å². The fourth-order valence-electron chi connectivity index (χ4n) is 3.76. The largest absolute Gasteiger partial charge is 0.504 e. The topological polar surface area (TPSA) is 191 Å². The summed E-state index contributed by atoms with van der Waals surface area (Å²) in [5.74, 6) is -4.47. The number of phenols is 1. The van der Waals surface area contributed by atoms with Crippen LogP contribution in [0.5, 0.6) is 17.2 Å². The van der Waals surface area contributed by atoms with Gasteiger partial charge in [-0.15, -0.1) is 0 Å². The van der Waals surface area contributed by atoms with Crippen molar-refractivity contribution in [3.63, 3.8) is 0 Å². The van der Waals surface area contributed by atoms with E-state index in [-0.39, 0.29) is 35.8 Å². The summed E-state index contributed by atoms with van der Waals surface area (Å²) in [6.45, 7) is 1.85. The minimum absolute atomic E-state index is 0.00964. The van der Waals surface area contributed by atoms with E-state index in [2.05, 4.69) is 10.6 Å². The molecule has 5 N–H and O–H groups in total. The van der Waals surface area contributed by atoms with Crippen LogP contribution in [0.2, 0.25) is 0 Å². The lowest BCUT2D eigenvalue weighted by Crippen LogP contribution is -2.44.